The van der Waals surface area contributed by atoms with Gasteiger partial charge >= 0.3 is 6.18 Å². The van der Waals surface area contributed by atoms with Crippen LogP contribution in [0.5, 0.6) is 0 Å². The van der Waals surface area contributed by atoms with Crippen LogP contribution in [0, 0.1) is 0 Å². The number of amides is 1. The summed E-state index contributed by atoms with van der Waals surface area (Å²) in [5, 5.41) is 0. The molecule has 3 aromatic rings. The maximum absolute atomic E-state index is 13.9. The van der Waals surface area contributed by atoms with E-state index in [2.05, 4.69) is 9.97 Å². The molecule has 1 aliphatic heterocycles. The summed E-state index contributed by atoms with van der Waals surface area (Å²) >= 11 is 0. The fourth-order valence-corrected chi connectivity index (χ4v) is 4.17. The Morgan fingerprint density at radius 2 is 1.88 bits per heavy atom. The minimum atomic E-state index is -4.54. The van der Waals surface area contributed by atoms with E-state index in [9.17, 15) is 26.7 Å². The predicted molar refractivity (Wildman–Crippen MR) is 119 cm³/mol. The number of hydrogen-bond donors (Lipinski definition) is 1. The van der Waals surface area contributed by atoms with Crippen molar-refractivity contribution >= 4 is 15.1 Å². The normalized spacial score (nSPS) is 14.6. The van der Waals surface area contributed by atoms with Crippen molar-refractivity contribution in [3.8, 4) is 11.1 Å². The maximum atomic E-state index is 13.9. The first-order valence-corrected chi connectivity index (χ1v) is 10.8. The van der Waals surface area contributed by atoms with Crippen LogP contribution in [0.1, 0.15) is 38.6 Å². The standard InChI is InChI=1S/C23H20F5N4OP/c24-22(25,26)20-8-13(4-6-30-20)11-32-7-5-16-17(10-18(21(29)33)31-19(16)12-32)14-2-1-3-15(9-14)23(27,28)34/h1-4,6,8-10H,5,7,11-12,34H2,(H2,29,33). The highest BCUT2D eigenvalue weighted by atomic mass is 31.0. The van der Waals surface area contributed by atoms with Gasteiger partial charge in [0.15, 0.2) is 0 Å². The van der Waals surface area contributed by atoms with Gasteiger partial charge in [-0.05, 0) is 52.9 Å². The van der Waals surface area contributed by atoms with Gasteiger partial charge in [0.25, 0.3) is 11.6 Å². The Morgan fingerprint density at radius 3 is 2.56 bits per heavy atom. The molecule has 11 heteroatoms. The van der Waals surface area contributed by atoms with E-state index in [4.69, 9.17) is 5.73 Å². The largest absolute Gasteiger partial charge is 0.433 e. The second-order valence-electron chi connectivity index (χ2n) is 8.06. The van der Waals surface area contributed by atoms with E-state index in [0.717, 1.165) is 17.8 Å². The zero-order valence-electron chi connectivity index (χ0n) is 17.7. The molecule has 5 nitrogen and oxygen atoms in total. The van der Waals surface area contributed by atoms with E-state index in [-0.39, 0.29) is 24.3 Å². The molecule has 1 unspecified atom stereocenters. The zero-order valence-corrected chi connectivity index (χ0v) is 18.9. The van der Waals surface area contributed by atoms with Crippen LogP contribution in [0.25, 0.3) is 11.1 Å². The molecule has 0 bridgehead atoms. The van der Waals surface area contributed by atoms with E-state index >= 15 is 0 Å². The number of pyridine rings is 2. The molecular formula is C23H20F5N4OP. The highest BCUT2D eigenvalue weighted by Gasteiger charge is 2.33. The molecule has 1 aromatic carbocycles. The highest BCUT2D eigenvalue weighted by molar-refractivity contribution is 7.17. The van der Waals surface area contributed by atoms with E-state index in [1.165, 1.54) is 39.6 Å². The molecule has 0 fully saturated rings. The fourth-order valence-electron chi connectivity index (χ4n) is 3.99. The average molecular weight is 494 g/mol. The number of benzene rings is 1. The average Bonchev–Trinajstić information content (AvgIpc) is 2.77. The highest BCUT2D eigenvalue weighted by Crippen LogP contribution is 2.38. The molecule has 0 saturated carbocycles. The van der Waals surface area contributed by atoms with Gasteiger partial charge in [0, 0.05) is 31.4 Å². The van der Waals surface area contributed by atoms with Crippen LogP contribution in [0.15, 0.2) is 48.7 Å². The van der Waals surface area contributed by atoms with Crippen molar-refractivity contribution in [1.82, 2.24) is 14.9 Å². The van der Waals surface area contributed by atoms with Crippen LogP contribution in [-0.4, -0.2) is 27.3 Å². The Bertz CT molecular complexity index is 1240. The second kappa shape index (κ2) is 9.00. The van der Waals surface area contributed by atoms with Gasteiger partial charge in [0.1, 0.15) is 11.4 Å². The lowest BCUT2D eigenvalue weighted by Crippen LogP contribution is -2.32. The number of rotatable bonds is 5. The van der Waals surface area contributed by atoms with E-state index in [1.807, 2.05) is 4.90 Å². The van der Waals surface area contributed by atoms with Crippen LogP contribution >= 0.6 is 9.24 Å². The molecular weight excluding hydrogens is 474 g/mol. The van der Waals surface area contributed by atoms with Crippen LogP contribution in [0.2, 0.25) is 0 Å². The van der Waals surface area contributed by atoms with Gasteiger partial charge in [0.2, 0.25) is 0 Å². The number of halogens is 5. The van der Waals surface area contributed by atoms with Crippen molar-refractivity contribution in [2.75, 3.05) is 6.54 Å². The summed E-state index contributed by atoms with van der Waals surface area (Å²) in [5.74, 6) is -0.766. The lowest BCUT2D eigenvalue weighted by Gasteiger charge is -2.30. The number of nitrogens with zero attached hydrogens (tertiary/aromatic N) is 3. The SMILES string of the molecule is NC(=O)c1cc(-c2cccc(C(F)(F)P)c2)c2c(n1)CN(Cc1ccnc(C(F)(F)F)c1)CC2. The Labute approximate surface area is 194 Å². The number of carbonyl (C=O) groups excluding carboxylic acids is 1. The summed E-state index contributed by atoms with van der Waals surface area (Å²) in [6.07, 6.45) is -2.96. The van der Waals surface area contributed by atoms with Gasteiger partial charge < -0.3 is 5.73 Å². The first-order chi connectivity index (χ1) is 15.9. The smallest absolute Gasteiger partial charge is 0.364 e. The number of primary amides is 1. The molecule has 1 aliphatic rings. The fraction of sp³-hybridized carbons (Fsp3) is 0.261. The molecule has 178 valence electrons. The first-order valence-electron chi connectivity index (χ1n) is 10.3. The van der Waals surface area contributed by atoms with Gasteiger partial charge in [-0.1, -0.05) is 27.4 Å². The molecule has 0 aliphatic carbocycles. The minimum Gasteiger partial charge on any atom is -0.364 e. The molecule has 3 heterocycles. The second-order valence-corrected chi connectivity index (χ2v) is 8.78. The lowest BCUT2D eigenvalue weighted by molar-refractivity contribution is -0.141. The lowest BCUT2D eigenvalue weighted by atomic mass is 9.92. The third kappa shape index (κ3) is 5.23. The molecule has 0 radical (unpaired) electrons. The van der Waals surface area contributed by atoms with Crippen LogP contribution in [0.4, 0.5) is 22.0 Å². The summed E-state index contributed by atoms with van der Waals surface area (Å²) in [4.78, 5) is 21.5. The number of nitrogens with two attached hydrogens (primary N) is 1. The summed E-state index contributed by atoms with van der Waals surface area (Å²) in [6.45, 7) is 0.977. The molecule has 0 spiro atoms. The number of hydrogen-bond acceptors (Lipinski definition) is 4. The quantitative estimate of drug-likeness (QED) is 0.411. The van der Waals surface area contributed by atoms with E-state index < -0.39 is 23.4 Å². The molecule has 2 aromatic heterocycles. The zero-order chi connectivity index (χ0) is 24.7. The van der Waals surface area contributed by atoms with Crippen molar-refractivity contribution in [3.63, 3.8) is 0 Å². The number of carbonyl (C=O) groups is 1. The Morgan fingerprint density at radius 1 is 1.12 bits per heavy atom. The van der Waals surface area contributed by atoms with Gasteiger partial charge in [-0.25, -0.2) is 4.98 Å². The molecule has 4 rings (SSSR count). The first kappa shape index (κ1) is 24.2. The van der Waals surface area contributed by atoms with Crippen molar-refractivity contribution in [3.05, 3.63) is 82.4 Å². The number of alkyl halides is 5. The summed E-state index contributed by atoms with van der Waals surface area (Å²) in [7, 11) is 1.50. The van der Waals surface area contributed by atoms with Gasteiger partial charge in [-0.15, -0.1) is 0 Å². The van der Waals surface area contributed by atoms with Crippen molar-refractivity contribution in [1.29, 1.82) is 0 Å². The third-order valence-corrected chi connectivity index (χ3v) is 5.93. The summed E-state index contributed by atoms with van der Waals surface area (Å²) in [6, 6.07) is 9.86. The van der Waals surface area contributed by atoms with Crippen LogP contribution < -0.4 is 5.73 Å². The monoisotopic (exact) mass is 494 g/mol. The molecule has 1 atom stereocenters. The van der Waals surface area contributed by atoms with Gasteiger partial charge in [-0.2, -0.15) is 22.0 Å². The number of aromatic nitrogens is 2. The van der Waals surface area contributed by atoms with Crippen LogP contribution in [-0.2, 0) is 31.4 Å². The van der Waals surface area contributed by atoms with Crippen LogP contribution in [0.3, 0.4) is 0 Å². The summed E-state index contributed by atoms with van der Waals surface area (Å²) in [5.41, 5.74) is 4.00. The Hall–Kier alpha value is -2.97. The molecule has 2 N–H and O–H groups in total. The third-order valence-electron chi connectivity index (χ3n) is 5.59. The topological polar surface area (TPSA) is 72.1 Å². The van der Waals surface area contributed by atoms with Crippen molar-refractivity contribution in [2.45, 2.75) is 31.4 Å². The van der Waals surface area contributed by atoms with Gasteiger partial charge in [-0.3, -0.25) is 14.7 Å². The predicted octanol–water partition coefficient (Wildman–Crippen LogP) is 4.74. The molecule has 0 saturated heterocycles. The summed E-state index contributed by atoms with van der Waals surface area (Å²) < 4.78 is 66.7. The Balaban J connectivity index is 1.68. The van der Waals surface area contributed by atoms with Gasteiger partial charge in [0.05, 0.1) is 5.69 Å². The van der Waals surface area contributed by atoms with E-state index in [0.29, 0.717) is 35.3 Å². The Kier molecular flexibility index (Phi) is 6.40. The molecule has 34 heavy (non-hydrogen) atoms. The minimum absolute atomic E-state index is 0.0121. The maximum Gasteiger partial charge on any atom is 0.433 e. The van der Waals surface area contributed by atoms with Crippen molar-refractivity contribution < 1.29 is 26.7 Å². The molecule has 1 amide bonds. The number of fused-ring (bicyclic) bond motifs is 1. The van der Waals surface area contributed by atoms with E-state index in [1.54, 1.807) is 6.07 Å². The van der Waals surface area contributed by atoms with Crippen molar-refractivity contribution in [2.24, 2.45) is 5.73 Å².